The van der Waals surface area contributed by atoms with E-state index >= 15 is 0 Å². The smallest absolute Gasteiger partial charge is 0.337 e. The van der Waals surface area contributed by atoms with Crippen molar-refractivity contribution < 1.29 is 39.6 Å². The number of hydrogen-bond donors (Lipinski definition) is 1. The highest BCUT2D eigenvalue weighted by atomic mass is 32.2. The van der Waals surface area contributed by atoms with Crippen molar-refractivity contribution in [1.29, 1.82) is 0 Å². The standard InChI is InChI=1S/C36H36F6N4O3S/c1-50(48,49)29-11-7-10-27-30(34(47)44-33(36(40,41)42)24-8-3-2-4-9-24)28(22-45-20-16-26(17-21-45)46-18-5-6-19-46)31(43-32(27)29)23-12-14-25(15-13-23)35(37,38)39/h2-4,7-15,26,33H,5-6,16-22H2,1H3,(H,44,47)/t33-/m1/s1. The van der Waals surface area contributed by atoms with E-state index in [-0.39, 0.29) is 50.3 Å². The Morgan fingerprint density at radius 2 is 1.52 bits per heavy atom. The number of carbonyl (C=O) groups is 1. The van der Waals surface area contributed by atoms with Crippen molar-refractivity contribution in [3.05, 3.63) is 95.1 Å². The summed E-state index contributed by atoms with van der Waals surface area (Å²) in [5.41, 5.74) is -1.19. The molecular weight excluding hydrogens is 682 g/mol. The van der Waals surface area contributed by atoms with Gasteiger partial charge in [-0.05, 0) is 75.6 Å². The molecule has 0 aliphatic carbocycles. The third kappa shape index (κ3) is 7.66. The molecular formula is C36H36F6N4O3S. The highest BCUT2D eigenvalue weighted by molar-refractivity contribution is 7.91. The number of rotatable bonds is 8. The second-order valence-electron chi connectivity index (χ2n) is 12.9. The average Bonchev–Trinajstić information content (AvgIpc) is 3.61. The molecule has 4 aromatic rings. The van der Waals surface area contributed by atoms with Crippen LogP contribution in [0.5, 0.6) is 0 Å². The second kappa shape index (κ2) is 14.0. The highest BCUT2D eigenvalue weighted by Gasteiger charge is 2.43. The first kappa shape index (κ1) is 35.8. The molecule has 266 valence electrons. The lowest BCUT2D eigenvalue weighted by Crippen LogP contribution is -2.44. The first-order valence-electron chi connectivity index (χ1n) is 16.3. The van der Waals surface area contributed by atoms with Gasteiger partial charge in [0.15, 0.2) is 15.9 Å². The van der Waals surface area contributed by atoms with Crippen LogP contribution in [0.15, 0.2) is 77.7 Å². The number of piperidine rings is 1. The number of aromatic nitrogens is 1. The molecule has 0 unspecified atom stereocenters. The number of alkyl halides is 6. The molecule has 7 nitrogen and oxygen atoms in total. The Morgan fingerprint density at radius 3 is 2.10 bits per heavy atom. The fraction of sp³-hybridized carbons (Fsp3) is 0.389. The Bertz CT molecular complexity index is 1950. The Labute approximate surface area is 286 Å². The van der Waals surface area contributed by atoms with Crippen LogP contribution < -0.4 is 5.32 Å². The van der Waals surface area contributed by atoms with Gasteiger partial charge in [-0.3, -0.25) is 9.69 Å². The van der Waals surface area contributed by atoms with Gasteiger partial charge in [-0.15, -0.1) is 0 Å². The molecule has 1 amide bonds. The number of hydrogen-bond acceptors (Lipinski definition) is 6. The number of sulfone groups is 1. The van der Waals surface area contributed by atoms with Crippen molar-refractivity contribution in [2.75, 3.05) is 32.4 Å². The van der Waals surface area contributed by atoms with Crippen LogP contribution in [-0.4, -0.2) is 73.8 Å². The fourth-order valence-electron chi connectivity index (χ4n) is 7.04. The molecule has 3 aromatic carbocycles. The van der Waals surface area contributed by atoms with Gasteiger partial charge in [-0.2, -0.15) is 26.3 Å². The molecule has 3 heterocycles. The zero-order valence-corrected chi connectivity index (χ0v) is 28.0. The summed E-state index contributed by atoms with van der Waals surface area (Å²) < 4.78 is 110. The largest absolute Gasteiger partial charge is 0.416 e. The van der Waals surface area contributed by atoms with E-state index in [1.807, 2.05) is 0 Å². The van der Waals surface area contributed by atoms with Crippen LogP contribution in [0.1, 0.15) is 58.8 Å². The highest BCUT2D eigenvalue weighted by Crippen LogP contribution is 2.38. The number of likely N-dealkylation sites (tertiary alicyclic amines) is 2. The van der Waals surface area contributed by atoms with Gasteiger partial charge in [-0.25, -0.2) is 13.4 Å². The number of benzene rings is 3. The lowest BCUT2D eigenvalue weighted by molar-refractivity contribution is -0.155. The number of nitrogens with zero attached hydrogens (tertiary/aromatic N) is 3. The molecule has 1 aromatic heterocycles. The fourth-order valence-corrected chi connectivity index (χ4v) is 7.88. The summed E-state index contributed by atoms with van der Waals surface area (Å²) in [7, 11) is -3.98. The van der Waals surface area contributed by atoms with Gasteiger partial charge in [0.2, 0.25) is 0 Å². The lowest BCUT2D eigenvalue weighted by Gasteiger charge is -2.37. The predicted octanol–water partition coefficient (Wildman–Crippen LogP) is 7.42. The predicted molar refractivity (Wildman–Crippen MR) is 177 cm³/mol. The zero-order chi connectivity index (χ0) is 35.8. The van der Waals surface area contributed by atoms with Crippen molar-refractivity contribution in [1.82, 2.24) is 20.1 Å². The summed E-state index contributed by atoms with van der Waals surface area (Å²) in [4.78, 5) is 23.3. The quantitative estimate of drug-likeness (QED) is 0.191. The van der Waals surface area contributed by atoms with Crippen molar-refractivity contribution >= 4 is 26.6 Å². The van der Waals surface area contributed by atoms with Gasteiger partial charge in [0.05, 0.1) is 27.2 Å². The maximum absolute atomic E-state index is 14.5. The molecule has 2 fully saturated rings. The third-order valence-corrected chi connectivity index (χ3v) is 10.7. The molecule has 1 atom stereocenters. The summed E-state index contributed by atoms with van der Waals surface area (Å²) in [6.45, 7) is 3.29. The average molecular weight is 719 g/mol. The molecule has 0 spiro atoms. The SMILES string of the molecule is CS(=O)(=O)c1cccc2c(C(=O)N[C@H](c3ccccc3)C(F)(F)F)c(CN3CCC(N4CCCC4)CC3)c(-c3ccc(C(F)(F)F)cc3)nc12. The molecule has 50 heavy (non-hydrogen) atoms. The maximum Gasteiger partial charge on any atom is 0.416 e. The molecule has 2 saturated heterocycles. The van der Waals surface area contributed by atoms with Gasteiger partial charge in [0.25, 0.3) is 5.91 Å². The number of amides is 1. The van der Waals surface area contributed by atoms with Crippen LogP contribution >= 0.6 is 0 Å². The van der Waals surface area contributed by atoms with Gasteiger partial charge in [0.1, 0.15) is 0 Å². The van der Waals surface area contributed by atoms with E-state index in [0.29, 0.717) is 19.1 Å². The number of nitrogens with one attached hydrogen (secondary N) is 1. The van der Waals surface area contributed by atoms with Crippen LogP contribution in [0, 0.1) is 0 Å². The Kier molecular flexibility index (Phi) is 9.99. The van der Waals surface area contributed by atoms with Crippen LogP contribution in [0.2, 0.25) is 0 Å². The van der Waals surface area contributed by atoms with E-state index in [4.69, 9.17) is 0 Å². The molecule has 2 aliphatic rings. The Balaban J connectivity index is 1.53. The van der Waals surface area contributed by atoms with Crippen LogP contribution in [-0.2, 0) is 22.6 Å². The molecule has 0 bridgehead atoms. The zero-order valence-electron chi connectivity index (χ0n) is 27.2. The van der Waals surface area contributed by atoms with E-state index in [2.05, 4.69) is 20.1 Å². The van der Waals surface area contributed by atoms with Crippen LogP contribution in [0.3, 0.4) is 0 Å². The van der Waals surface area contributed by atoms with Gasteiger partial charge in [-0.1, -0.05) is 54.6 Å². The number of halogens is 6. The second-order valence-corrected chi connectivity index (χ2v) is 14.9. The number of para-hydroxylation sites is 1. The van der Waals surface area contributed by atoms with Crippen molar-refractivity contribution in [3.8, 4) is 11.3 Å². The molecule has 2 aliphatic heterocycles. The molecule has 14 heteroatoms. The van der Waals surface area contributed by atoms with Crippen molar-refractivity contribution in [3.63, 3.8) is 0 Å². The minimum absolute atomic E-state index is 0.0111. The van der Waals surface area contributed by atoms with Crippen LogP contribution in [0.4, 0.5) is 26.3 Å². The minimum atomic E-state index is -4.90. The summed E-state index contributed by atoms with van der Waals surface area (Å²) in [6.07, 6.45) is -4.69. The molecule has 0 radical (unpaired) electrons. The van der Waals surface area contributed by atoms with E-state index in [9.17, 15) is 39.6 Å². The monoisotopic (exact) mass is 718 g/mol. The van der Waals surface area contributed by atoms with Crippen molar-refractivity contribution in [2.45, 2.75) is 61.6 Å². The summed E-state index contributed by atoms with van der Waals surface area (Å²) >= 11 is 0. The number of fused-ring (bicyclic) bond motifs is 1. The Hall–Kier alpha value is -4.01. The normalized spacial score (nSPS) is 17.7. The van der Waals surface area contributed by atoms with Gasteiger partial charge >= 0.3 is 12.4 Å². The van der Waals surface area contributed by atoms with E-state index in [1.165, 1.54) is 54.6 Å². The van der Waals surface area contributed by atoms with Gasteiger partial charge < -0.3 is 10.2 Å². The molecule has 6 rings (SSSR count). The molecule has 0 saturated carbocycles. The van der Waals surface area contributed by atoms with E-state index in [1.54, 1.807) is 6.07 Å². The molecule has 1 N–H and O–H groups in total. The third-order valence-electron chi connectivity index (χ3n) is 9.52. The van der Waals surface area contributed by atoms with Crippen molar-refractivity contribution in [2.24, 2.45) is 0 Å². The maximum atomic E-state index is 14.5. The lowest BCUT2D eigenvalue weighted by atomic mass is 9.93. The summed E-state index contributed by atoms with van der Waals surface area (Å²) in [6, 6.07) is 13.0. The van der Waals surface area contributed by atoms with E-state index < -0.39 is 39.7 Å². The number of carbonyl (C=O) groups excluding carboxylic acids is 1. The van der Waals surface area contributed by atoms with Gasteiger partial charge in [0, 0.05) is 35.4 Å². The van der Waals surface area contributed by atoms with Crippen LogP contribution in [0.25, 0.3) is 22.2 Å². The first-order chi connectivity index (χ1) is 23.6. The number of pyridine rings is 1. The summed E-state index contributed by atoms with van der Waals surface area (Å²) in [5, 5.41) is 2.17. The summed E-state index contributed by atoms with van der Waals surface area (Å²) in [5.74, 6) is -1.12. The Morgan fingerprint density at radius 1 is 0.880 bits per heavy atom. The minimum Gasteiger partial charge on any atom is -0.337 e. The van der Waals surface area contributed by atoms with E-state index in [0.717, 1.165) is 57.2 Å². The topological polar surface area (TPSA) is 82.6 Å². The first-order valence-corrected chi connectivity index (χ1v) is 18.2.